The van der Waals surface area contributed by atoms with Crippen LogP contribution in [0.15, 0.2) is 18.3 Å². The van der Waals surface area contributed by atoms with Crippen molar-refractivity contribution >= 4 is 6.47 Å². The molecule has 0 spiro atoms. The number of aryl methyl sites for hydroxylation is 1. The molecule has 0 unspecified atom stereocenters. The Hall–Kier alpha value is -1.25. The second-order valence-corrected chi connectivity index (χ2v) is 1.67. The third kappa shape index (κ3) is 1.10. The van der Waals surface area contributed by atoms with E-state index >= 15 is 0 Å². The second kappa shape index (κ2) is 2.35. The molecule has 0 aliphatic carbocycles. The summed E-state index contributed by atoms with van der Waals surface area (Å²) in [6.07, 6.45) is 1.80. The van der Waals surface area contributed by atoms with Crippen LogP contribution in [0.5, 0.6) is 5.88 Å². The molecule has 0 N–H and O–H groups in total. The molecule has 0 fully saturated rings. The average Bonchev–Trinajstić information content (AvgIpc) is 2.18. The molecule has 0 saturated carbocycles. The largest absolute Gasteiger partial charge is 0.412 e. The summed E-state index contributed by atoms with van der Waals surface area (Å²) in [5.74, 6) is 0.560. The second-order valence-electron chi connectivity index (χ2n) is 1.67. The van der Waals surface area contributed by atoms with E-state index in [2.05, 4.69) is 4.74 Å². The highest BCUT2D eigenvalue weighted by Crippen LogP contribution is 2.07. The lowest BCUT2D eigenvalue weighted by Gasteiger charge is -1.95. The zero-order valence-corrected chi connectivity index (χ0v) is 5.07. The van der Waals surface area contributed by atoms with Gasteiger partial charge in [-0.3, -0.25) is 4.79 Å². The van der Waals surface area contributed by atoms with E-state index in [1.165, 1.54) is 0 Å². The van der Waals surface area contributed by atoms with Gasteiger partial charge in [-0.05, 0) is 6.07 Å². The number of hydrogen-bond acceptors (Lipinski definition) is 2. The summed E-state index contributed by atoms with van der Waals surface area (Å²) in [6, 6.07) is 3.52. The van der Waals surface area contributed by atoms with Gasteiger partial charge in [-0.25, -0.2) is 0 Å². The van der Waals surface area contributed by atoms with Gasteiger partial charge in [0, 0.05) is 19.3 Å². The van der Waals surface area contributed by atoms with E-state index in [1.807, 2.05) is 0 Å². The number of aromatic nitrogens is 1. The molecule has 1 aromatic heterocycles. The summed E-state index contributed by atoms with van der Waals surface area (Å²) < 4.78 is 6.28. The van der Waals surface area contributed by atoms with Crippen molar-refractivity contribution in [1.29, 1.82) is 0 Å². The minimum atomic E-state index is 0.412. The van der Waals surface area contributed by atoms with E-state index in [0.717, 1.165) is 0 Å². The molecule has 0 amide bonds. The third-order valence-corrected chi connectivity index (χ3v) is 1.06. The molecule has 9 heavy (non-hydrogen) atoms. The van der Waals surface area contributed by atoms with Gasteiger partial charge in [0.1, 0.15) is 0 Å². The maximum absolute atomic E-state index is 9.79. The number of rotatable bonds is 2. The Kier molecular flexibility index (Phi) is 1.53. The van der Waals surface area contributed by atoms with Crippen molar-refractivity contribution in [2.75, 3.05) is 0 Å². The minimum absolute atomic E-state index is 0.412. The van der Waals surface area contributed by atoms with Crippen LogP contribution < -0.4 is 4.74 Å². The Balaban J connectivity index is 2.80. The normalized spacial score (nSPS) is 9.00. The van der Waals surface area contributed by atoms with Crippen LogP contribution in [-0.4, -0.2) is 11.0 Å². The first-order chi connectivity index (χ1) is 4.34. The smallest absolute Gasteiger partial charge is 0.299 e. The predicted molar refractivity (Wildman–Crippen MR) is 32.1 cm³/mol. The number of carbonyl (C=O) groups excluding carboxylic acids is 1. The Morgan fingerprint density at radius 3 is 3.00 bits per heavy atom. The molecule has 0 aliphatic rings. The molecule has 0 saturated heterocycles. The van der Waals surface area contributed by atoms with E-state index in [9.17, 15) is 4.79 Å². The topological polar surface area (TPSA) is 31.2 Å². The number of ether oxygens (including phenoxy) is 1. The van der Waals surface area contributed by atoms with Crippen LogP contribution in [0.2, 0.25) is 0 Å². The summed E-state index contributed by atoms with van der Waals surface area (Å²) in [4.78, 5) is 9.79. The molecule has 1 rings (SSSR count). The number of nitrogens with zero attached hydrogens (tertiary/aromatic N) is 1. The Morgan fingerprint density at radius 2 is 2.56 bits per heavy atom. The minimum Gasteiger partial charge on any atom is -0.412 e. The van der Waals surface area contributed by atoms with Crippen LogP contribution in [0, 0.1) is 0 Å². The van der Waals surface area contributed by atoms with Crippen molar-refractivity contribution in [2.45, 2.75) is 0 Å². The van der Waals surface area contributed by atoms with E-state index in [1.54, 1.807) is 29.9 Å². The summed E-state index contributed by atoms with van der Waals surface area (Å²) in [6.45, 7) is 0.412. The van der Waals surface area contributed by atoms with Crippen molar-refractivity contribution in [3.05, 3.63) is 18.3 Å². The van der Waals surface area contributed by atoms with E-state index in [0.29, 0.717) is 12.4 Å². The van der Waals surface area contributed by atoms with Gasteiger partial charge in [0.2, 0.25) is 5.88 Å². The van der Waals surface area contributed by atoms with Crippen molar-refractivity contribution in [3.63, 3.8) is 0 Å². The molecule has 3 heteroatoms. The van der Waals surface area contributed by atoms with Gasteiger partial charge in [-0.1, -0.05) is 0 Å². The molecule has 48 valence electrons. The fourth-order valence-corrected chi connectivity index (χ4v) is 0.617. The van der Waals surface area contributed by atoms with Gasteiger partial charge >= 0.3 is 0 Å². The standard InChI is InChI=1S/C6H7NO2/c1-7-4-2-3-6(7)9-5-8/h2-5H,1H3. The number of hydrogen-bond donors (Lipinski definition) is 0. The quantitative estimate of drug-likeness (QED) is 0.541. The third-order valence-electron chi connectivity index (χ3n) is 1.06. The Morgan fingerprint density at radius 1 is 1.78 bits per heavy atom. The molecule has 0 aliphatic heterocycles. The molecule has 3 nitrogen and oxygen atoms in total. The van der Waals surface area contributed by atoms with Crippen LogP contribution in [0.25, 0.3) is 0 Å². The highest BCUT2D eigenvalue weighted by molar-refractivity contribution is 5.43. The summed E-state index contributed by atoms with van der Waals surface area (Å²) >= 11 is 0. The van der Waals surface area contributed by atoms with Gasteiger partial charge in [0.05, 0.1) is 0 Å². The van der Waals surface area contributed by atoms with Gasteiger partial charge < -0.3 is 9.30 Å². The molecule has 1 aromatic rings. The molecule has 1 heterocycles. The zero-order chi connectivity index (χ0) is 6.69. The summed E-state index contributed by atoms with van der Waals surface area (Å²) in [7, 11) is 1.80. The summed E-state index contributed by atoms with van der Waals surface area (Å²) in [5, 5.41) is 0. The Labute approximate surface area is 52.9 Å². The molecule has 0 bridgehead atoms. The van der Waals surface area contributed by atoms with Crippen LogP contribution in [0.1, 0.15) is 0 Å². The van der Waals surface area contributed by atoms with E-state index in [-0.39, 0.29) is 0 Å². The van der Waals surface area contributed by atoms with Crippen LogP contribution in [-0.2, 0) is 11.8 Å². The summed E-state index contributed by atoms with van der Waals surface area (Å²) in [5.41, 5.74) is 0. The molecular formula is C6H7NO2. The maximum atomic E-state index is 9.79. The van der Waals surface area contributed by atoms with Gasteiger partial charge in [-0.2, -0.15) is 0 Å². The first-order valence-corrected chi connectivity index (χ1v) is 2.56. The molecule has 0 atom stereocenters. The lowest BCUT2D eigenvalue weighted by molar-refractivity contribution is -0.121. The predicted octanol–water partition coefficient (Wildman–Crippen LogP) is 0.560. The van der Waals surface area contributed by atoms with Gasteiger partial charge in [-0.15, -0.1) is 0 Å². The van der Waals surface area contributed by atoms with Gasteiger partial charge in [0.25, 0.3) is 6.47 Å². The monoisotopic (exact) mass is 125 g/mol. The zero-order valence-electron chi connectivity index (χ0n) is 5.07. The van der Waals surface area contributed by atoms with Crippen LogP contribution in [0.4, 0.5) is 0 Å². The average molecular weight is 125 g/mol. The highest BCUT2D eigenvalue weighted by atomic mass is 16.5. The van der Waals surface area contributed by atoms with Crippen molar-refractivity contribution in [1.82, 2.24) is 4.57 Å². The van der Waals surface area contributed by atoms with Crippen molar-refractivity contribution < 1.29 is 9.53 Å². The lowest BCUT2D eigenvalue weighted by Crippen LogP contribution is -1.94. The maximum Gasteiger partial charge on any atom is 0.299 e. The van der Waals surface area contributed by atoms with E-state index in [4.69, 9.17) is 0 Å². The lowest BCUT2D eigenvalue weighted by atomic mass is 10.7. The van der Waals surface area contributed by atoms with E-state index < -0.39 is 0 Å². The van der Waals surface area contributed by atoms with Gasteiger partial charge in [0.15, 0.2) is 0 Å². The SMILES string of the molecule is Cn1cccc1OC=O. The fourth-order valence-electron chi connectivity index (χ4n) is 0.617. The molecular weight excluding hydrogens is 118 g/mol. The Bertz CT molecular complexity index is 205. The first-order valence-electron chi connectivity index (χ1n) is 2.56. The first kappa shape index (κ1) is 5.88. The molecule has 0 aromatic carbocycles. The van der Waals surface area contributed by atoms with Crippen LogP contribution in [0.3, 0.4) is 0 Å². The fraction of sp³-hybridized carbons (Fsp3) is 0.167. The van der Waals surface area contributed by atoms with Crippen molar-refractivity contribution in [3.8, 4) is 5.88 Å². The highest BCUT2D eigenvalue weighted by Gasteiger charge is 1.92. The number of carbonyl (C=O) groups is 1. The van der Waals surface area contributed by atoms with Crippen molar-refractivity contribution in [2.24, 2.45) is 7.05 Å². The van der Waals surface area contributed by atoms with Crippen LogP contribution >= 0.6 is 0 Å². The molecule has 0 radical (unpaired) electrons.